The summed E-state index contributed by atoms with van der Waals surface area (Å²) in [6.45, 7) is 0.0403. The van der Waals surface area contributed by atoms with Crippen LogP contribution in [0, 0.1) is 5.95 Å². The van der Waals surface area contributed by atoms with Crippen LogP contribution in [-0.4, -0.2) is 39.7 Å². The van der Waals surface area contributed by atoms with Crippen LogP contribution in [0.25, 0.3) is 11.4 Å². The van der Waals surface area contributed by atoms with Gasteiger partial charge in [-0.25, -0.2) is 15.0 Å². The van der Waals surface area contributed by atoms with Crippen LogP contribution in [0.4, 0.5) is 10.2 Å². The Hall–Kier alpha value is -2.94. The minimum atomic E-state index is -0.781. The van der Waals surface area contributed by atoms with Gasteiger partial charge in [0, 0.05) is 30.4 Å². The zero-order valence-electron chi connectivity index (χ0n) is 11.4. The molecule has 2 rings (SSSR count). The Balaban J connectivity index is 2.47. The maximum Gasteiger partial charge on any atom is 0.267 e. The van der Waals surface area contributed by atoms with E-state index in [1.807, 2.05) is 0 Å². The highest BCUT2D eigenvalue weighted by Crippen LogP contribution is 2.18. The van der Waals surface area contributed by atoms with Crippen molar-refractivity contribution in [3.63, 3.8) is 0 Å². The van der Waals surface area contributed by atoms with E-state index in [2.05, 4.69) is 20.3 Å². The number of anilines is 1. The van der Waals surface area contributed by atoms with Crippen molar-refractivity contribution in [2.24, 2.45) is 11.5 Å². The fourth-order valence-corrected chi connectivity index (χ4v) is 1.66. The number of aromatic nitrogens is 3. The molecule has 2 aromatic rings. The molecule has 0 aliphatic carbocycles. The SMILES string of the molecule is NC[C@@H](C=O)Nc1cc(C(N)=O)nc(-c2ccnc(F)c2)n1. The summed E-state index contributed by atoms with van der Waals surface area (Å²) in [4.78, 5) is 33.7. The molecule has 1 amide bonds. The lowest BCUT2D eigenvalue weighted by atomic mass is 10.2. The lowest BCUT2D eigenvalue weighted by Crippen LogP contribution is -2.30. The van der Waals surface area contributed by atoms with Crippen molar-refractivity contribution in [3.05, 3.63) is 36.0 Å². The molecule has 114 valence electrons. The van der Waals surface area contributed by atoms with Crippen molar-refractivity contribution >= 4 is 18.0 Å². The standard InChI is InChI=1S/C13H13FN6O2/c14-10-3-7(1-2-17-10)13-19-9(12(16)22)4-11(20-13)18-8(5-15)6-21/h1-4,6,8H,5,15H2,(H2,16,22)(H,18,19,20)/t8-/m0/s1. The van der Waals surface area contributed by atoms with Crippen LogP contribution in [0.1, 0.15) is 10.5 Å². The fourth-order valence-electron chi connectivity index (χ4n) is 1.66. The molecule has 0 spiro atoms. The van der Waals surface area contributed by atoms with Crippen LogP contribution < -0.4 is 16.8 Å². The van der Waals surface area contributed by atoms with Gasteiger partial charge in [0.05, 0.1) is 6.04 Å². The quantitative estimate of drug-likeness (QED) is 0.492. The normalized spacial score (nSPS) is 11.7. The molecule has 0 saturated heterocycles. The van der Waals surface area contributed by atoms with Crippen LogP contribution in [0.5, 0.6) is 0 Å². The molecule has 0 aliphatic rings. The van der Waals surface area contributed by atoms with Crippen molar-refractivity contribution in [1.29, 1.82) is 0 Å². The van der Waals surface area contributed by atoms with Crippen molar-refractivity contribution in [2.75, 3.05) is 11.9 Å². The van der Waals surface area contributed by atoms with Gasteiger partial charge in [0.25, 0.3) is 5.91 Å². The summed E-state index contributed by atoms with van der Waals surface area (Å²) in [6.07, 6.45) is 1.85. The van der Waals surface area contributed by atoms with Crippen LogP contribution in [0.3, 0.4) is 0 Å². The Morgan fingerprint density at radius 1 is 1.41 bits per heavy atom. The number of nitrogens with one attached hydrogen (secondary N) is 1. The summed E-state index contributed by atoms with van der Waals surface area (Å²) in [5.41, 5.74) is 10.9. The molecule has 0 fully saturated rings. The predicted molar refractivity (Wildman–Crippen MR) is 76.3 cm³/mol. The molecule has 0 aliphatic heterocycles. The summed E-state index contributed by atoms with van der Waals surface area (Å²) in [7, 11) is 0. The van der Waals surface area contributed by atoms with Crippen molar-refractivity contribution in [2.45, 2.75) is 6.04 Å². The molecule has 0 unspecified atom stereocenters. The molecule has 0 radical (unpaired) electrons. The number of rotatable bonds is 6. The Morgan fingerprint density at radius 3 is 2.77 bits per heavy atom. The summed E-state index contributed by atoms with van der Waals surface area (Å²) in [5.74, 6) is -1.25. The first-order valence-corrected chi connectivity index (χ1v) is 6.26. The molecule has 5 N–H and O–H groups in total. The van der Waals surface area contributed by atoms with E-state index in [-0.39, 0.29) is 23.9 Å². The monoisotopic (exact) mass is 304 g/mol. The minimum Gasteiger partial charge on any atom is -0.364 e. The van der Waals surface area contributed by atoms with Gasteiger partial charge < -0.3 is 21.6 Å². The first kappa shape index (κ1) is 15.4. The third kappa shape index (κ3) is 3.58. The average molecular weight is 304 g/mol. The maximum atomic E-state index is 13.2. The number of carbonyl (C=O) groups is 2. The van der Waals surface area contributed by atoms with Crippen molar-refractivity contribution in [3.8, 4) is 11.4 Å². The largest absolute Gasteiger partial charge is 0.364 e. The van der Waals surface area contributed by atoms with Crippen molar-refractivity contribution in [1.82, 2.24) is 15.0 Å². The van der Waals surface area contributed by atoms with E-state index >= 15 is 0 Å². The second kappa shape index (κ2) is 6.68. The second-order valence-corrected chi connectivity index (χ2v) is 4.32. The summed E-state index contributed by atoms with van der Waals surface area (Å²) >= 11 is 0. The van der Waals surface area contributed by atoms with E-state index in [0.717, 1.165) is 6.07 Å². The number of hydrogen-bond acceptors (Lipinski definition) is 7. The number of pyridine rings is 1. The topological polar surface area (TPSA) is 137 Å². The molecule has 1 atom stereocenters. The van der Waals surface area contributed by atoms with Crippen LogP contribution >= 0.6 is 0 Å². The highest BCUT2D eigenvalue weighted by atomic mass is 19.1. The van der Waals surface area contributed by atoms with Gasteiger partial charge in [0.2, 0.25) is 5.95 Å². The Bertz CT molecular complexity index is 709. The van der Waals surface area contributed by atoms with Gasteiger partial charge in [-0.15, -0.1) is 0 Å². The van der Waals surface area contributed by atoms with E-state index in [9.17, 15) is 14.0 Å². The van der Waals surface area contributed by atoms with E-state index in [1.165, 1.54) is 18.3 Å². The number of halogens is 1. The smallest absolute Gasteiger partial charge is 0.267 e. The third-order valence-electron chi connectivity index (χ3n) is 2.71. The minimum absolute atomic E-state index is 0.0403. The van der Waals surface area contributed by atoms with Crippen LogP contribution in [0.2, 0.25) is 0 Å². The van der Waals surface area contributed by atoms with Gasteiger partial charge in [-0.1, -0.05) is 0 Å². The predicted octanol–water partition coefficient (Wildman–Crippen LogP) is -0.285. The number of carbonyl (C=O) groups excluding carboxylic acids is 2. The van der Waals surface area contributed by atoms with E-state index in [4.69, 9.17) is 11.5 Å². The molecule has 9 heteroatoms. The summed E-state index contributed by atoms with van der Waals surface area (Å²) in [6, 6.07) is 3.20. The Labute approximate surface area is 124 Å². The fraction of sp³-hybridized carbons (Fsp3) is 0.154. The van der Waals surface area contributed by atoms with Gasteiger partial charge in [-0.2, -0.15) is 4.39 Å². The lowest BCUT2D eigenvalue weighted by Gasteiger charge is -2.12. The number of hydrogen-bond donors (Lipinski definition) is 3. The number of nitrogens with zero attached hydrogens (tertiary/aromatic N) is 3. The molecule has 22 heavy (non-hydrogen) atoms. The van der Waals surface area contributed by atoms with E-state index < -0.39 is 17.9 Å². The molecule has 0 aromatic carbocycles. The van der Waals surface area contributed by atoms with Gasteiger partial charge in [-0.05, 0) is 6.07 Å². The Morgan fingerprint density at radius 2 is 2.18 bits per heavy atom. The second-order valence-electron chi connectivity index (χ2n) is 4.32. The molecule has 2 aromatic heterocycles. The maximum absolute atomic E-state index is 13.2. The van der Waals surface area contributed by atoms with Gasteiger partial charge in [0.15, 0.2) is 5.82 Å². The number of amides is 1. The van der Waals surface area contributed by atoms with E-state index in [0.29, 0.717) is 11.8 Å². The molecule has 2 heterocycles. The zero-order chi connectivity index (χ0) is 16.1. The first-order chi connectivity index (χ1) is 10.5. The highest BCUT2D eigenvalue weighted by molar-refractivity contribution is 5.92. The highest BCUT2D eigenvalue weighted by Gasteiger charge is 2.13. The molecule has 8 nitrogen and oxygen atoms in total. The summed E-state index contributed by atoms with van der Waals surface area (Å²) < 4.78 is 13.2. The molecular formula is C13H13FN6O2. The van der Waals surface area contributed by atoms with Crippen LogP contribution in [-0.2, 0) is 4.79 Å². The van der Waals surface area contributed by atoms with Crippen LogP contribution in [0.15, 0.2) is 24.4 Å². The third-order valence-corrected chi connectivity index (χ3v) is 2.71. The molecule has 0 saturated carbocycles. The van der Waals surface area contributed by atoms with Gasteiger partial charge >= 0.3 is 0 Å². The van der Waals surface area contributed by atoms with Crippen molar-refractivity contribution < 1.29 is 14.0 Å². The van der Waals surface area contributed by atoms with Gasteiger partial charge in [0.1, 0.15) is 17.8 Å². The number of nitrogens with two attached hydrogens (primary N) is 2. The summed E-state index contributed by atoms with van der Waals surface area (Å²) in [5, 5.41) is 2.74. The molecule has 0 bridgehead atoms. The van der Waals surface area contributed by atoms with Gasteiger partial charge in [-0.3, -0.25) is 4.79 Å². The first-order valence-electron chi connectivity index (χ1n) is 6.26. The average Bonchev–Trinajstić information content (AvgIpc) is 2.52. The zero-order valence-corrected chi connectivity index (χ0v) is 11.4. The lowest BCUT2D eigenvalue weighted by molar-refractivity contribution is -0.108. The van der Waals surface area contributed by atoms with E-state index in [1.54, 1.807) is 0 Å². The number of primary amides is 1. The molecular weight excluding hydrogens is 291 g/mol. The Kier molecular flexibility index (Phi) is 4.69. The number of aldehydes is 1.